The summed E-state index contributed by atoms with van der Waals surface area (Å²) >= 11 is 0. The van der Waals surface area contributed by atoms with E-state index in [0.717, 1.165) is 33.4 Å². The van der Waals surface area contributed by atoms with Gasteiger partial charge in [-0.25, -0.2) is 0 Å². The van der Waals surface area contributed by atoms with Crippen LogP contribution >= 0.6 is 21.6 Å². The number of carbonyl (C=O) groups is 12. The van der Waals surface area contributed by atoms with Crippen LogP contribution in [-0.2, 0) is 64.0 Å². The summed E-state index contributed by atoms with van der Waals surface area (Å²) in [5.74, 6) is -12.6. The maximum atomic E-state index is 14.4. The summed E-state index contributed by atoms with van der Waals surface area (Å²) in [5, 5.41) is 29.6. The van der Waals surface area contributed by atoms with Gasteiger partial charge in [-0.05, 0) is 70.1 Å². The molecule has 33 heteroatoms. The number of carboxylic acids is 1. The van der Waals surface area contributed by atoms with Crippen molar-refractivity contribution >= 4 is 104 Å². The number of benzene rings is 1. The quantitative estimate of drug-likeness (QED) is 0.0299. The highest BCUT2D eigenvalue weighted by Crippen LogP contribution is 2.39. The highest BCUT2D eigenvalue weighted by Gasteiger charge is 2.43. The third kappa shape index (κ3) is 22.3. The molecule has 0 aromatic heterocycles. The molecule has 1 aromatic rings. The standard InChI is InChI=1S/C47H73N17O14S2/c1-23(65)57-36-43(76)62-30(19-33(48)66)44(77)64-17-7-10-32(64)42(75)60-26(8-5-15-54-45(50)51)38(71)56-21-34(67)58-29(20-35(68)69)41(74)61-28(18-24-11-13-25(78-4)14-12-24)40(73)59-27(9-6-16-55-46(52)53)39(72)63-31(37(49)70)22-79-80-47(36,2)3/h11-14,26-32,36H,5-10,15-22H2,1-4H3,(H2,48,66)(H2,49,70)(H,56,71)(H,57,65)(H,58,67)(H,59,73)(H,60,75)(H,61,74)(H,62,76)(H,63,72)(H,68,69)(H4,50,51,54)(H4,52,53,55)/t26-,27-,28+,29-,30-,31-,32+,36+/m0/s1. The molecule has 21 N–H and O–H groups in total. The van der Waals surface area contributed by atoms with Gasteiger partial charge >= 0.3 is 5.97 Å². The molecule has 2 fully saturated rings. The Morgan fingerprint density at radius 3 is 1.82 bits per heavy atom. The number of fused-ring (bicyclic) bond motifs is 1. The van der Waals surface area contributed by atoms with Crippen LogP contribution in [0.1, 0.15) is 77.7 Å². The summed E-state index contributed by atoms with van der Waals surface area (Å²) in [7, 11) is 3.32. The molecule has 0 bridgehead atoms. The van der Waals surface area contributed by atoms with Crippen LogP contribution in [0, 0.1) is 0 Å². The number of ether oxygens (including phenoxy) is 1. The van der Waals surface area contributed by atoms with Crippen LogP contribution in [0.15, 0.2) is 34.3 Å². The largest absolute Gasteiger partial charge is 0.497 e. The molecule has 1 aromatic carbocycles. The van der Waals surface area contributed by atoms with Crippen molar-refractivity contribution in [2.24, 2.45) is 44.4 Å². The fraction of sp³-hybridized carbons (Fsp3) is 0.574. The first-order chi connectivity index (χ1) is 37.6. The van der Waals surface area contributed by atoms with E-state index in [-0.39, 0.29) is 82.3 Å². The normalized spacial score (nSPS) is 24.1. The summed E-state index contributed by atoms with van der Waals surface area (Å²) in [6.45, 7) is 3.22. The van der Waals surface area contributed by atoms with Gasteiger partial charge in [0.25, 0.3) is 0 Å². The predicted molar refractivity (Wildman–Crippen MR) is 293 cm³/mol. The number of methoxy groups -OCH3 is 1. The molecular formula is C47H73N17O14S2. The third-order valence-corrected chi connectivity index (χ3v) is 15.5. The molecule has 442 valence electrons. The Balaban J connectivity index is 2.18. The van der Waals surface area contributed by atoms with Gasteiger partial charge in [-0.2, -0.15) is 0 Å². The molecule has 2 saturated heterocycles. The number of guanidine groups is 2. The van der Waals surface area contributed by atoms with Gasteiger partial charge in [-0.15, -0.1) is 0 Å². The first-order valence-electron chi connectivity index (χ1n) is 25.1. The lowest BCUT2D eigenvalue weighted by Crippen LogP contribution is -2.61. The Labute approximate surface area is 468 Å². The lowest BCUT2D eigenvalue weighted by Gasteiger charge is -2.35. The second-order valence-corrected chi connectivity index (χ2v) is 22.1. The van der Waals surface area contributed by atoms with E-state index in [9.17, 15) is 62.6 Å². The summed E-state index contributed by atoms with van der Waals surface area (Å²) in [6, 6.07) is -6.02. The molecule has 0 aliphatic carbocycles. The van der Waals surface area contributed by atoms with E-state index in [2.05, 4.69) is 52.5 Å². The van der Waals surface area contributed by atoms with E-state index < -0.39 is 143 Å². The number of aliphatic carboxylic acids is 1. The molecule has 80 heavy (non-hydrogen) atoms. The first-order valence-corrected chi connectivity index (χ1v) is 27.4. The van der Waals surface area contributed by atoms with Crippen molar-refractivity contribution < 1.29 is 67.4 Å². The average molecular weight is 1160 g/mol. The predicted octanol–water partition coefficient (Wildman–Crippen LogP) is -6.13. The Morgan fingerprint density at radius 1 is 0.725 bits per heavy atom. The number of carboxylic acid groups (broad SMARTS) is 1. The fourth-order valence-corrected chi connectivity index (χ4v) is 11.0. The van der Waals surface area contributed by atoms with Gasteiger partial charge in [0.2, 0.25) is 65.0 Å². The third-order valence-electron chi connectivity index (χ3n) is 12.2. The van der Waals surface area contributed by atoms with Crippen LogP contribution < -0.4 is 81.7 Å². The van der Waals surface area contributed by atoms with Crippen molar-refractivity contribution in [3.63, 3.8) is 0 Å². The summed E-state index contributed by atoms with van der Waals surface area (Å²) in [4.78, 5) is 172. The Bertz CT molecular complexity index is 2490. The minimum atomic E-state index is -1.88. The number of nitrogens with one attached hydrogen (secondary N) is 8. The van der Waals surface area contributed by atoms with Crippen molar-refractivity contribution in [2.75, 3.05) is 39.0 Å². The number of rotatable bonds is 17. The molecule has 0 spiro atoms. The van der Waals surface area contributed by atoms with Crippen LogP contribution in [-0.4, -0.2) is 185 Å². The van der Waals surface area contributed by atoms with E-state index in [1.807, 2.05) is 0 Å². The Morgan fingerprint density at radius 2 is 1.27 bits per heavy atom. The number of carbonyl (C=O) groups excluding carboxylic acids is 11. The van der Waals surface area contributed by atoms with E-state index >= 15 is 0 Å². The molecule has 8 atom stereocenters. The van der Waals surface area contributed by atoms with Gasteiger partial charge < -0.3 is 91.7 Å². The number of aliphatic imine (C=N–C) groups is 2. The van der Waals surface area contributed by atoms with Gasteiger partial charge in [0, 0.05) is 43.5 Å². The lowest BCUT2D eigenvalue weighted by molar-refractivity contribution is -0.143. The molecule has 31 nitrogen and oxygen atoms in total. The molecule has 0 radical (unpaired) electrons. The maximum absolute atomic E-state index is 14.4. The minimum Gasteiger partial charge on any atom is -0.497 e. The van der Waals surface area contributed by atoms with Gasteiger partial charge in [0.05, 0.1) is 26.5 Å². The van der Waals surface area contributed by atoms with E-state index in [1.165, 1.54) is 7.11 Å². The minimum absolute atomic E-state index is 0.0108. The Hall–Kier alpha value is -8.10. The first kappa shape index (κ1) is 66.2. The van der Waals surface area contributed by atoms with E-state index in [0.29, 0.717) is 11.3 Å². The molecule has 2 aliphatic heterocycles. The zero-order valence-corrected chi connectivity index (χ0v) is 46.3. The van der Waals surface area contributed by atoms with E-state index in [1.54, 1.807) is 38.1 Å². The second-order valence-electron chi connectivity index (χ2n) is 19.1. The number of nitrogens with zero attached hydrogens (tertiary/aromatic N) is 3. The molecule has 2 heterocycles. The number of amides is 11. The zero-order chi connectivity index (χ0) is 59.9. The van der Waals surface area contributed by atoms with Gasteiger partial charge in [-0.3, -0.25) is 67.5 Å². The maximum Gasteiger partial charge on any atom is 0.305 e. The lowest BCUT2D eigenvalue weighted by atomic mass is 10.0. The van der Waals surface area contributed by atoms with Crippen LogP contribution in [0.2, 0.25) is 0 Å². The molecule has 11 amide bonds. The highest BCUT2D eigenvalue weighted by atomic mass is 33.1. The molecule has 0 unspecified atom stereocenters. The second kappa shape index (κ2) is 32.1. The highest BCUT2D eigenvalue weighted by molar-refractivity contribution is 8.77. The SMILES string of the molecule is COc1ccc(C[C@H]2NC(=O)[C@H](CC(=O)O)NC(=O)CNC(=O)[C@H](CCCN=C(N)N)NC(=O)[C@H]3CCCN3C(=O)[C@H](CC(N)=O)NC(=O)[C@@H](NC(C)=O)C(C)(C)SSC[C@@H](C(N)=O)NC(=O)[C@H](CCCN=C(N)N)NC2=O)cc1. The van der Waals surface area contributed by atoms with Crippen molar-refractivity contribution in [3.8, 4) is 5.75 Å². The molecule has 3 rings (SSSR count). The van der Waals surface area contributed by atoms with Crippen molar-refractivity contribution in [1.82, 2.24) is 47.4 Å². The molecule has 2 aliphatic rings. The summed E-state index contributed by atoms with van der Waals surface area (Å²) in [6.07, 6.45) is -1.92. The van der Waals surface area contributed by atoms with Crippen LogP contribution in [0.5, 0.6) is 5.75 Å². The van der Waals surface area contributed by atoms with Crippen LogP contribution in [0.3, 0.4) is 0 Å². The van der Waals surface area contributed by atoms with Crippen molar-refractivity contribution in [1.29, 1.82) is 0 Å². The van der Waals surface area contributed by atoms with E-state index in [4.69, 9.17) is 39.1 Å². The monoisotopic (exact) mass is 1160 g/mol. The van der Waals surface area contributed by atoms with Crippen molar-refractivity contribution in [3.05, 3.63) is 29.8 Å². The summed E-state index contributed by atoms with van der Waals surface area (Å²) < 4.78 is 3.91. The molecular weight excluding hydrogens is 1090 g/mol. The Kier molecular flexibility index (Phi) is 26.5. The van der Waals surface area contributed by atoms with Crippen LogP contribution in [0.25, 0.3) is 0 Å². The summed E-state index contributed by atoms with van der Waals surface area (Å²) in [5.41, 5.74) is 33.7. The van der Waals surface area contributed by atoms with Gasteiger partial charge in [0.15, 0.2) is 11.9 Å². The number of hydrogen-bond acceptors (Lipinski definition) is 17. The van der Waals surface area contributed by atoms with Crippen LogP contribution in [0.4, 0.5) is 0 Å². The van der Waals surface area contributed by atoms with Crippen molar-refractivity contribution in [2.45, 2.75) is 132 Å². The average Bonchev–Trinajstić information content (AvgIpc) is 3.87. The van der Waals surface area contributed by atoms with Gasteiger partial charge in [0.1, 0.15) is 54.1 Å². The topological polar surface area (TPSA) is 515 Å². The smallest absolute Gasteiger partial charge is 0.305 e. The number of hydrogen-bond donors (Lipinski definition) is 15. The van der Waals surface area contributed by atoms with Gasteiger partial charge in [-0.1, -0.05) is 33.7 Å². The zero-order valence-electron chi connectivity index (χ0n) is 44.7. The fourth-order valence-electron chi connectivity index (χ4n) is 8.17. The molecule has 0 saturated carbocycles. The number of primary amides is 2. The number of nitrogens with two attached hydrogens (primary N) is 6.